The van der Waals surface area contributed by atoms with Crippen molar-refractivity contribution in [3.8, 4) is 0 Å². The van der Waals surface area contributed by atoms with Crippen LogP contribution in [0.4, 0.5) is 0 Å². The van der Waals surface area contributed by atoms with E-state index in [2.05, 4.69) is 56.5 Å². The van der Waals surface area contributed by atoms with Gasteiger partial charge in [0.2, 0.25) is 5.91 Å². The monoisotopic (exact) mass is 1230 g/mol. The number of hydrogen-bond donors (Lipinski definition) is 2. The molecule has 0 aromatic carbocycles. The second kappa shape index (κ2) is 66.2. The Balaban J connectivity index is 4.94. The molecule has 0 aliphatic carbocycles. The predicted octanol–water partition coefficient (Wildman–Crippen LogP) is 24.2. The van der Waals surface area contributed by atoms with E-state index >= 15 is 0 Å². The largest absolute Gasteiger partial charge is 0.472 e. The fourth-order valence-corrected chi connectivity index (χ4v) is 12.2. The van der Waals surface area contributed by atoms with Crippen molar-refractivity contribution in [1.82, 2.24) is 5.32 Å². The number of likely N-dealkylation sites (N-methyl/N-ethyl adjacent to an activating group) is 1. The Hall–Kier alpha value is -1.77. The molecule has 0 aliphatic rings. The second-order valence-electron chi connectivity index (χ2n) is 27.2. The zero-order valence-corrected chi connectivity index (χ0v) is 59.2. The third-order valence-corrected chi connectivity index (χ3v) is 18.3. The van der Waals surface area contributed by atoms with Gasteiger partial charge in [-0.15, -0.1) is 0 Å². The lowest BCUT2D eigenvalue weighted by Crippen LogP contribution is -2.47. The number of amides is 1. The van der Waals surface area contributed by atoms with Crippen molar-refractivity contribution in [1.29, 1.82) is 0 Å². The number of ether oxygens (including phenoxy) is 1. The van der Waals surface area contributed by atoms with E-state index < -0.39 is 20.0 Å². The predicted molar refractivity (Wildman–Crippen MR) is 374 cm³/mol. The summed E-state index contributed by atoms with van der Waals surface area (Å²) in [6, 6.07) is -0.844. The summed E-state index contributed by atoms with van der Waals surface area (Å²) in [5.41, 5.74) is 0. The average molecular weight is 1230 g/mol. The van der Waals surface area contributed by atoms with Gasteiger partial charge in [-0.3, -0.25) is 18.6 Å². The van der Waals surface area contributed by atoms with E-state index in [4.69, 9.17) is 13.8 Å². The molecule has 9 nitrogen and oxygen atoms in total. The third-order valence-electron chi connectivity index (χ3n) is 17.3. The standard InChI is InChI=1S/C76H147N2O7P/c1-7-10-13-16-19-22-25-28-30-32-34-36-37-38-39-40-41-43-44-46-48-50-53-56-59-62-65-68-75(79)77-73(72-84-86(81,82)83-71-70-78(4,5)6)74(67-64-61-58-55-52-27-24-21-18-15-12-9-3)85-76(80)69-66-63-60-57-54-51-49-47-45-42-35-33-31-29-26-23-20-17-14-11-8-2/h19,22,28,30,64,67,73-74H,7-18,20-21,23-27,29,31-63,65-66,68-72H2,1-6H3,(H-,77,79,81,82)/p+1/b22-19-,30-28-,67-64-. The van der Waals surface area contributed by atoms with Crippen molar-refractivity contribution >= 4 is 19.7 Å². The minimum absolute atomic E-state index is 0.0440. The van der Waals surface area contributed by atoms with Gasteiger partial charge in [0, 0.05) is 12.8 Å². The minimum atomic E-state index is -4.45. The Morgan fingerprint density at radius 1 is 0.407 bits per heavy atom. The Morgan fingerprint density at radius 2 is 0.709 bits per heavy atom. The van der Waals surface area contributed by atoms with Crippen LogP contribution in [-0.2, 0) is 27.9 Å². The average Bonchev–Trinajstić information content (AvgIpc) is 3.67. The summed E-state index contributed by atoms with van der Waals surface area (Å²) in [5, 5.41) is 3.08. The highest BCUT2D eigenvalue weighted by Crippen LogP contribution is 2.43. The Morgan fingerprint density at radius 3 is 1.07 bits per heavy atom. The maximum Gasteiger partial charge on any atom is 0.472 e. The first kappa shape index (κ1) is 84.2. The molecular formula is C76H148N2O7P+. The molecule has 0 saturated heterocycles. The molecule has 0 radical (unpaired) electrons. The van der Waals surface area contributed by atoms with Gasteiger partial charge in [0.25, 0.3) is 0 Å². The van der Waals surface area contributed by atoms with E-state index in [0.717, 1.165) is 64.2 Å². The SMILES string of the molecule is CCCCC/C=C\C/C=C\CCCCCCCCCCCCCCCCCCCC(=O)NC(COP(=O)(O)OCC[N+](C)(C)C)C(/C=C\CCCCCCCCCCCC)OC(=O)CCCCCCCCCCCCCCCCCCCCCCC. The number of nitrogens with zero attached hydrogens (tertiary/aromatic N) is 1. The summed E-state index contributed by atoms with van der Waals surface area (Å²) in [7, 11) is 1.52. The lowest BCUT2D eigenvalue weighted by molar-refractivity contribution is -0.870. The summed E-state index contributed by atoms with van der Waals surface area (Å²) < 4.78 is 30.9. The number of esters is 1. The fourth-order valence-electron chi connectivity index (χ4n) is 11.5. The third kappa shape index (κ3) is 66.6. The molecule has 508 valence electrons. The van der Waals surface area contributed by atoms with Crippen molar-refractivity contribution in [2.24, 2.45) is 0 Å². The number of allylic oxidation sites excluding steroid dienone is 5. The Bertz CT molecular complexity index is 1560. The number of hydrogen-bond acceptors (Lipinski definition) is 6. The highest BCUT2D eigenvalue weighted by Gasteiger charge is 2.30. The molecule has 0 saturated carbocycles. The van der Waals surface area contributed by atoms with Gasteiger partial charge in [0.05, 0.1) is 33.8 Å². The van der Waals surface area contributed by atoms with Crippen LogP contribution in [0.15, 0.2) is 36.5 Å². The molecule has 0 aromatic heterocycles. The molecule has 0 bridgehead atoms. The molecule has 10 heteroatoms. The van der Waals surface area contributed by atoms with Gasteiger partial charge < -0.3 is 19.4 Å². The molecule has 1 amide bonds. The highest BCUT2D eigenvalue weighted by molar-refractivity contribution is 7.47. The van der Waals surface area contributed by atoms with E-state index in [-0.39, 0.29) is 25.1 Å². The summed E-state index contributed by atoms with van der Waals surface area (Å²) in [6.45, 7) is 7.06. The number of carbonyl (C=O) groups is 2. The maximum atomic E-state index is 13.6. The van der Waals surface area contributed by atoms with Crippen LogP contribution in [-0.4, -0.2) is 74.3 Å². The number of rotatable bonds is 70. The van der Waals surface area contributed by atoms with Crippen LogP contribution in [0.1, 0.15) is 387 Å². The Kier molecular flexibility index (Phi) is 64.8. The molecule has 0 heterocycles. The van der Waals surface area contributed by atoms with Crippen molar-refractivity contribution in [3.63, 3.8) is 0 Å². The number of phosphoric ester groups is 1. The topological polar surface area (TPSA) is 111 Å². The summed E-state index contributed by atoms with van der Waals surface area (Å²) in [5.74, 6) is -0.480. The first-order valence-electron chi connectivity index (χ1n) is 37.8. The van der Waals surface area contributed by atoms with E-state index in [1.165, 1.54) is 289 Å². The van der Waals surface area contributed by atoms with Crippen LogP contribution >= 0.6 is 7.82 Å². The molecule has 3 atom stereocenters. The van der Waals surface area contributed by atoms with Crippen LogP contribution in [0.5, 0.6) is 0 Å². The van der Waals surface area contributed by atoms with Gasteiger partial charge in [-0.1, -0.05) is 347 Å². The van der Waals surface area contributed by atoms with Gasteiger partial charge in [0.15, 0.2) is 0 Å². The van der Waals surface area contributed by atoms with Gasteiger partial charge >= 0.3 is 13.8 Å². The van der Waals surface area contributed by atoms with Crippen molar-refractivity contribution in [2.45, 2.75) is 399 Å². The van der Waals surface area contributed by atoms with Crippen molar-refractivity contribution in [2.75, 3.05) is 40.9 Å². The zero-order valence-electron chi connectivity index (χ0n) is 58.3. The van der Waals surface area contributed by atoms with Crippen molar-refractivity contribution < 1.29 is 37.3 Å². The summed E-state index contributed by atoms with van der Waals surface area (Å²) in [6.07, 6.45) is 83.1. The number of phosphoric acid groups is 1. The van der Waals surface area contributed by atoms with Gasteiger partial charge in [0.1, 0.15) is 19.3 Å². The molecule has 86 heavy (non-hydrogen) atoms. The number of unbranched alkanes of at least 4 members (excludes halogenated alkanes) is 50. The van der Waals surface area contributed by atoms with Crippen LogP contribution in [0.2, 0.25) is 0 Å². The number of carbonyl (C=O) groups excluding carboxylic acids is 2. The van der Waals surface area contributed by atoms with Crippen LogP contribution in [0, 0.1) is 0 Å². The lowest BCUT2D eigenvalue weighted by Gasteiger charge is -2.27. The fraction of sp³-hybridized carbons (Fsp3) is 0.895. The van der Waals surface area contributed by atoms with Crippen LogP contribution in [0.25, 0.3) is 0 Å². The van der Waals surface area contributed by atoms with E-state index in [9.17, 15) is 19.0 Å². The first-order chi connectivity index (χ1) is 41.9. The van der Waals surface area contributed by atoms with Gasteiger partial charge in [-0.05, 0) is 63.9 Å². The smallest absolute Gasteiger partial charge is 0.456 e. The second-order valence-corrected chi connectivity index (χ2v) is 28.6. The molecule has 0 aliphatic heterocycles. The molecule has 0 fully saturated rings. The highest BCUT2D eigenvalue weighted by atomic mass is 31.2. The normalized spacial score (nSPS) is 13.6. The number of quaternary nitrogens is 1. The quantitative estimate of drug-likeness (QED) is 0.0205. The summed E-state index contributed by atoms with van der Waals surface area (Å²) in [4.78, 5) is 38.0. The number of nitrogens with one attached hydrogen (secondary N) is 1. The minimum Gasteiger partial charge on any atom is -0.456 e. The zero-order chi connectivity index (χ0) is 62.8. The molecule has 2 N–H and O–H groups in total. The maximum absolute atomic E-state index is 13.6. The van der Waals surface area contributed by atoms with Crippen molar-refractivity contribution in [3.05, 3.63) is 36.5 Å². The van der Waals surface area contributed by atoms with Crippen LogP contribution in [0.3, 0.4) is 0 Å². The molecule has 0 aromatic rings. The molecular weight excluding hydrogens is 1080 g/mol. The van der Waals surface area contributed by atoms with E-state index in [0.29, 0.717) is 23.9 Å². The van der Waals surface area contributed by atoms with Gasteiger partial charge in [-0.2, -0.15) is 0 Å². The van der Waals surface area contributed by atoms with E-state index in [1.807, 2.05) is 27.2 Å². The first-order valence-corrected chi connectivity index (χ1v) is 39.3. The lowest BCUT2D eigenvalue weighted by atomic mass is 10.0. The molecule has 0 rings (SSSR count). The Labute approximate surface area is 536 Å². The van der Waals surface area contributed by atoms with Crippen LogP contribution < -0.4 is 5.32 Å². The summed E-state index contributed by atoms with van der Waals surface area (Å²) >= 11 is 0. The molecule has 3 unspecified atom stereocenters. The molecule has 0 spiro atoms. The van der Waals surface area contributed by atoms with E-state index in [1.54, 1.807) is 0 Å². The van der Waals surface area contributed by atoms with Gasteiger partial charge in [-0.25, -0.2) is 4.57 Å².